The van der Waals surface area contributed by atoms with E-state index < -0.39 is 11.5 Å². The molecular formula is C15H28N2O3. The number of nitrogens with zero attached hydrogens (tertiary/aromatic N) is 1. The van der Waals surface area contributed by atoms with E-state index in [2.05, 4.69) is 6.92 Å². The highest BCUT2D eigenvalue weighted by atomic mass is 16.4. The first-order chi connectivity index (χ1) is 9.51. The predicted octanol–water partition coefficient (Wildman–Crippen LogP) is 2.00. The highest BCUT2D eigenvalue weighted by Gasteiger charge is 2.48. The van der Waals surface area contributed by atoms with Crippen molar-refractivity contribution >= 4 is 11.9 Å². The molecule has 1 aliphatic rings. The van der Waals surface area contributed by atoms with Gasteiger partial charge >= 0.3 is 5.97 Å². The van der Waals surface area contributed by atoms with Crippen LogP contribution >= 0.6 is 0 Å². The molecule has 1 amide bonds. The minimum atomic E-state index is -0.966. The zero-order valence-electron chi connectivity index (χ0n) is 12.7. The van der Waals surface area contributed by atoms with Crippen molar-refractivity contribution in [1.82, 2.24) is 4.90 Å². The Morgan fingerprint density at radius 1 is 1.35 bits per heavy atom. The van der Waals surface area contributed by atoms with Gasteiger partial charge in [0.05, 0.1) is 0 Å². The van der Waals surface area contributed by atoms with Gasteiger partial charge in [0.2, 0.25) is 5.91 Å². The van der Waals surface area contributed by atoms with Crippen LogP contribution in [0.1, 0.15) is 58.8 Å². The van der Waals surface area contributed by atoms with Gasteiger partial charge in [0.25, 0.3) is 0 Å². The van der Waals surface area contributed by atoms with Crippen molar-refractivity contribution in [3.05, 3.63) is 0 Å². The maximum Gasteiger partial charge on any atom is 0.329 e. The third-order valence-corrected chi connectivity index (χ3v) is 4.69. The Kier molecular flexibility index (Phi) is 6.46. The van der Waals surface area contributed by atoms with Gasteiger partial charge in [-0.15, -0.1) is 0 Å². The Labute approximate surface area is 121 Å². The van der Waals surface area contributed by atoms with Crippen molar-refractivity contribution in [2.24, 2.45) is 11.7 Å². The van der Waals surface area contributed by atoms with E-state index >= 15 is 0 Å². The number of carboxylic acids is 1. The summed E-state index contributed by atoms with van der Waals surface area (Å²) < 4.78 is 0. The van der Waals surface area contributed by atoms with E-state index in [-0.39, 0.29) is 5.91 Å². The summed E-state index contributed by atoms with van der Waals surface area (Å²) >= 11 is 0. The van der Waals surface area contributed by atoms with Crippen molar-refractivity contribution in [2.75, 3.05) is 13.1 Å². The maximum atomic E-state index is 12.4. The average Bonchev–Trinajstić information content (AvgIpc) is 2.88. The van der Waals surface area contributed by atoms with Gasteiger partial charge < -0.3 is 15.7 Å². The highest BCUT2D eigenvalue weighted by molar-refractivity contribution is 5.87. The summed E-state index contributed by atoms with van der Waals surface area (Å²) in [6, 6.07) is 0. The molecule has 20 heavy (non-hydrogen) atoms. The topological polar surface area (TPSA) is 83.6 Å². The second-order valence-electron chi connectivity index (χ2n) is 5.73. The molecule has 5 heteroatoms. The zero-order valence-corrected chi connectivity index (χ0v) is 12.7. The lowest BCUT2D eigenvalue weighted by Gasteiger charge is -2.34. The Morgan fingerprint density at radius 2 is 2.05 bits per heavy atom. The molecule has 0 aromatic carbocycles. The maximum absolute atomic E-state index is 12.4. The molecule has 0 bridgehead atoms. The van der Waals surface area contributed by atoms with Crippen molar-refractivity contribution in [3.8, 4) is 0 Å². The number of likely N-dealkylation sites (tertiary alicyclic amines) is 1. The van der Waals surface area contributed by atoms with Crippen LogP contribution in [-0.2, 0) is 9.59 Å². The first-order valence-electron chi connectivity index (χ1n) is 7.75. The van der Waals surface area contributed by atoms with E-state index in [1.54, 1.807) is 4.90 Å². The van der Waals surface area contributed by atoms with Crippen LogP contribution < -0.4 is 5.73 Å². The summed E-state index contributed by atoms with van der Waals surface area (Å²) in [6.07, 6.45) is 5.03. The van der Waals surface area contributed by atoms with E-state index in [9.17, 15) is 14.7 Å². The molecule has 0 spiro atoms. The molecule has 0 aliphatic carbocycles. The van der Waals surface area contributed by atoms with E-state index in [0.717, 1.165) is 25.7 Å². The molecular weight excluding hydrogens is 256 g/mol. The molecule has 1 aliphatic heterocycles. The fourth-order valence-corrected chi connectivity index (χ4v) is 3.23. The predicted molar refractivity (Wildman–Crippen MR) is 78.3 cm³/mol. The van der Waals surface area contributed by atoms with Crippen LogP contribution in [0.2, 0.25) is 0 Å². The largest absolute Gasteiger partial charge is 0.479 e. The molecule has 0 radical (unpaired) electrons. The molecule has 116 valence electrons. The third-order valence-electron chi connectivity index (χ3n) is 4.69. The summed E-state index contributed by atoms with van der Waals surface area (Å²) in [5.74, 6) is -0.408. The normalized spacial score (nSPS) is 23.9. The molecule has 0 aromatic heterocycles. The SMILES string of the molecule is CCC(CCN)CCC(=O)N1CCCC1(CC)C(=O)O. The highest BCUT2D eigenvalue weighted by Crippen LogP contribution is 2.33. The minimum absolute atomic E-state index is 0.0118. The van der Waals surface area contributed by atoms with Crippen LogP contribution in [0.25, 0.3) is 0 Å². The van der Waals surface area contributed by atoms with Crippen LogP contribution in [-0.4, -0.2) is 40.5 Å². The number of amides is 1. The molecule has 0 saturated carbocycles. The lowest BCUT2D eigenvalue weighted by Crippen LogP contribution is -2.52. The van der Waals surface area contributed by atoms with Crippen LogP contribution in [0, 0.1) is 5.92 Å². The second kappa shape index (κ2) is 7.62. The fraction of sp³-hybridized carbons (Fsp3) is 0.867. The number of hydrogen-bond acceptors (Lipinski definition) is 3. The molecule has 1 fully saturated rings. The molecule has 1 rings (SSSR count). The van der Waals surface area contributed by atoms with Gasteiger partial charge in [-0.05, 0) is 44.6 Å². The quantitative estimate of drug-likeness (QED) is 0.714. The lowest BCUT2D eigenvalue weighted by atomic mass is 9.91. The average molecular weight is 284 g/mol. The number of hydrogen-bond donors (Lipinski definition) is 2. The summed E-state index contributed by atoms with van der Waals surface area (Å²) in [6.45, 7) is 5.17. The van der Waals surface area contributed by atoms with Crippen molar-refractivity contribution in [1.29, 1.82) is 0 Å². The monoisotopic (exact) mass is 284 g/mol. The molecule has 3 N–H and O–H groups in total. The smallest absolute Gasteiger partial charge is 0.329 e. The second-order valence-corrected chi connectivity index (χ2v) is 5.73. The molecule has 5 nitrogen and oxygen atoms in total. The fourth-order valence-electron chi connectivity index (χ4n) is 3.23. The molecule has 2 unspecified atom stereocenters. The summed E-state index contributed by atoms with van der Waals surface area (Å²) in [7, 11) is 0. The first-order valence-corrected chi connectivity index (χ1v) is 7.75. The summed E-state index contributed by atoms with van der Waals surface area (Å²) in [4.78, 5) is 25.5. The Balaban J connectivity index is 2.64. The van der Waals surface area contributed by atoms with E-state index in [1.165, 1.54) is 0 Å². The van der Waals surface area contributed by atoms with Crippen LogP contribution in [0.3, 0.4) is 0 Å². The molecule has 1 heterocycles. The van der Waals surface area contributed by atoms with Gasteiger partial charge in [-0.3, -0.25) is 4.79 Å². The zero-order chi connectivity index (χ0) is 15.2. The first kappa shape index (κ1) is 17.0. The number of carbonyl (C=O) groups is 2. The van der Waals surface area contributed by atoms with Crippen LogP contribution in [0.4, 0.5) is 0 Å². The number of carbonyl (C=O) groups excluding carboxylic acids is 1. The standard InChI is InChI=1S/C15H28N2O3/c1-3-12(8-10-16)6-7-13(18)17-11-5-9-15(17,4-2)14(19)20/h12H,3-11,16H2,1-2H3,(H,19,20). The van der Waals surface area contributed by atoms with E-state index in [1.807, 2.05) is 6.92 Å². The van der Waals surface area contributed by atoms with Gasteiger partial charge in [-0.25, -0.2) is 4.79 Å². The minimum Gasteiger partial charge on any atom is -0.479 e. The van der Waals surface area contributed by atoms with Gasteiger partial charge in [-0.2, -0.15) is 0 Å². The van der Waals surface area contributed by atoms with E-state index in [0.29, 0.717) is 38.3 Å². The van der Waals surface area contributed by atoms with Gasteiger partial charge in [-0.1, -0.05) is 20.3 Å². The Hall–Kier alpha value is -1.10. The molecule has 0 aromatic rings. The lowest BCUT2D eigenvalue weighted by molar-refractivity contribution is -0.157. The summed E-state index contributed by atoms with van der Waals surface area (Å²) in [5, 5.41) is 9.48. The van der Waals surface area contributed by atoms with E-state index in [4.69, 9.17) is 5.73 Å². The van der Waals surface area contributed by atoms with Gasteiger partial charge in [0.15, 0.2) is 0 Å². The van der Waals surface area contributed by atoms with Gasteiger partial charge in [0, 0.05) is 13.0 Å². The van der Waals surface area contributed by atoms with Crippen molar-refractivity contribution in [2.45, 2.75) is 64.3 Å². The Morgan fingerprint density at radius 3 is 2.55 bits per heavy atom. The number of nitrogens with two attached hydrogens (primary N) is 1. The number of aliphatic carboxylic acids is 1. The van der Waals surface area contributed by atoms with Crippen molar-refractivity contribution in [3.63, 3.8) is 0 Å². The molecule has 1 saturated heterocycles. The third kappa shape index (κ3) is 3.51. The Bertz CT molecular complexity index is 346. The molecule has 2 atom stereocenters. The van der Waals surface area contributed by atoms with Crippen molar-refractivity contribution < 1.29 is 14.7 Å². The number of rotatable bonds is 8. The summed E-state index contributed by atoms with van der Waals surface area (Å²) in [5.41, 5.74) is 4.60. The van der Waals surface area contributed by atoms with Crippen LogP contribution in [0.5, 0.6) is 0 Å². The van der Waals surface area contributed by atoms with Gasteiger partial charge in [0.1, 0.15) is 5.54 Å². The van der Waals surface area contributed by atoms with Crippen LogP contribution in [0.15, 0.2) is 0 Å². The number of carboxylic acid groups (broad SMARTS) is 1.